The summed E-state index contributed by atoms with van der Waals surface area (Å²) < 4.78 is 7.17. The van der Waals surface area contributed by atoms with Crippen LogP contribution < -0.4 is 10.5 Å². The van der Waals surface area contributed by atoms with Crippen LogP contribution in [0.2, 0.25) is 0 Å². The van der Waals surface area contributed by atoms with E-state index in [9.17, 15) is 14.7 Å². The third kappa shape index (κ3) is 4.10. The highest BCUT2D eigenvalue weighted by Crippen LogP contribution is 2.38. The van der Waals surface area contributed by atoms with Crippen molar-refractivity contribution >= 4 is 28.1 Å². The minimum atomic E-state index is -0.558. The van der Waals surface area contributed by atoms with Crippen molar-refractivity contribution in [1.82, 2.24) is 4.57 Å². The number of anilines is 2. The fourth-order valence-corrected chi connectivity index (χ4v) is 4.49. The van der Waals surface area contributed by atoms with E-state index >= 15 is 0 Å². The highest BCUT2D eigenvalue weighted by atomic mass is 16.3. The SMILES string of the molecule is Cn1c(=O)c(C(=O)CC(c2ccco2)N(c2ccccc2)c2ccccc2)c(O)c2ccccc21. The predicted molar refractivity (Wildman–Crippen MR) is 136 cm³/mol. The molecule has 0 aliphatic carbocycles. The Morgan fingerprint density at radius 2 is 1.49 bits per heavy atom. The van der Waals surface area contributed by atoms with Crippen molar-refractivity contribution in [2.45, 2.75) is 12.5 Å². The zero-order chi connectivity index (χ0) is 24.4. The summed E-state index contributed by atoms with van der Waals surface area (Å²) in [4.78, 5) is 28.9. The van der Waals surface area contributed by atoms with Gasteiger partial charge in [0.05, 0.1) is 17.8 Å². The lowest BCUT2D eigenvalue weighted by Gasteiger charge is -2.32. The van der Waals surface area contributed by atoms with Crippen LogP contribution in [-0.2, 0) is 7.05 Å². The second kappa shape index (κ2) is 9.35. The van der Waals surface area contributed by atoms with Gasteiger partial charge in [-0.2, -0.15) is 0 Å². The van der Waals surface area contributed by atoms with E-state index in [-0.39, 0.29) is 17.7 Å². The Labute approximate surface area is 202 Å². The van der Waals surface area contributed by atoms with E-state index in [1.165, 1.54) is 4.57 Å². The Bertz CT molecular complexity index is 1480. The Balaban J connectivity index is 1.64. The first-order chi connectivity index (χ1) is 17.1. The van der Waals surface area contributed by atoms with E-state index in [1.54, 1.807) is 43.6 Å². The molecular weight excluding hydrogens is 440 g/mol. The average Bonchev–Trinajstić information content (AvgIpc) is 3.43. The molecule has 1 N–H and O–H groups in total. The number of aromatic nitrogens is 1. The number of carbonyl (C=O) groups excluding carboxylic acids is 1. The summed E-state index contributed by atoms with van der Waals surface area (Å²) in [7, 11) is 1.60. The number of hydrogen-bond donors (Lipinski definition) is 1. The van der Waals surface area contributed by atoms with Gasteiger partial charge < -0.3 is 19.0 Å². The standard InChI is InChI=1S/C29H24N2O4/c1-30-23-16-9-8-15-22(23)28(33)27(29(30)34)25(32)19-24(26-17-10-18-35-26)31(20-11-4-2-5-12-20)21-13-6-3-7-14-21/h2-18,24,33H,19H2,1H3. The molecule has 0 saturated heterocycles. The minimum absolute atomic E-state index is 0.0849. The Kier molecular flexibility index (Phi) is 5.94. The third-order valence-electron chi connectivity index (χ3n) is 6.19. The Hall–Kier alpha value is -4.58. The van der Waals surface area contributed by atoms with E-state index < -0.39 is 17.4 Å². The van der Waals surface area contributed by atoms with Crippen molar-refractivity contribution < 1.29 is 14.3 Å². The number of rotatable bonds is 7. The molecule has 0 radical (unpaired) electrons. The first kappa shape index (κ1) is 22.2. The molecule has 6 heteroatoms. The normalized spacial score (nSPS) is 11.9. The number of Topliss-reactive ketones (excluding diaryl/α,β-unsaturated/α-hetero) is 1. The van der Waals surface area contributed by atoms with Gasteiger partial charge in [0.25, 0.3) is 5.56 Å². The number of hydrogen-bond acceptors (Lipinski definition) is 5. The van der Waals surface area contributed by atoms with Gasteiger partial charge in [-0.25, -0.2) is 0 Å². The summed E-state index contributed by atoms with van der Waals surface area (Å²) in [5.41, 5.74) is 1.54. The molecule has 6 nitrogen and oxygen atoms in total. The number of para-hydroxylation sites is 3. The zero-order valence-corrected chi connectivity index (χ0v) is 19.2. The molecule has 0 bridgehead atoms. The molecule has 1 unspecified atom stereocenters. The fraction of sp³-hybridized carbons (Fsp3) is 0.103. The lowest BCUT2D eigenvalue weighted by atomic mass is 9.98. The molecule has 0 spiro atoms. The maximum absolute atomic E-state index is 13.7. The molecule has 5 rings (SSSR count). The number of aromatic hydroxyl groups is 1. The van der Waals surface area contributed by atoms with E-state index in [4.69, 9.17) is 4.42 Å². The molecule has 5 aromatic rings. The minimum Gasteiger partial charge on any atom is -0.506 e. The van der Waals surface area contributed by atoms with Crippen molar-refractivity contribution in [1.29, 1.82) is 0 Å². The maximum Gasteiger partial charge on any atom is 0.265 e. The van der Waals surface area contributed by atoms with Gasteiger partial charge in [0.1, 0.15) is 17.1 Å². The maximum atomic E-state index is 13.7. The van der Waals surface area contributed by atoms with Gasteiger partial charge in [-0.1, -0.05) is 48.5 Å². The average molecular weight is 465 g/mol. The molecule has 1 atom stereocenters. The number of aryl methyl sites for hydroxylation is 1. The van der Waals surface area contributed by atoms with Crippen LogP contribution in [0.5, 0.6) is 5.75 Å². The van der Waals surface area contributed by atoms with Crippen molar-refractivity contribution in [3.8, 4) is 5.75 Å². The van der Waals surface area contributed by atoms with Gasteiger partial charge >= 0.3 is 0 Å². The summed E-state index contributed by atoms with van der Waals surface area (Å²) in [6.07, 6.45) is 1.48. The van der Waals surface area contributed by atoms with E-state index in [1.807, 2.05) is 71.6 Å². The topological polar surface area (TPSA) is 75.7 Å². The number of pyridine rings is 1. The fourth-order valence-electron chi connectivity index (χ4n) is 4.49. The first-order valence-corrected chi connectivity index (χ1v) is 11.3. The summed E-state index contributed by atoms with van der Waals surface area (Å²) in [5, 5.41) is 11.4. The number of furan rings is 1. The molecule has 35 heavy (non-hydrogen) atoms. The monoisotopic (exact) mass is 464 g/mol. The number of fused-ring (bicyclic) bond motifs is 1. The van der Waals surface area contributed by atoms with E-state index in [0.29, 0.717) is 16.7 Å². The van der Waals surface area contributed by atoms with Crippen molar-refractivity contribution in [2.75, 3.05) is 4.90 Å². The van der Waals surface area contributed by atoms with Gasteiger partial charge in [0, 0.05) is 30.2 Å². The molecule has 174 valence electrons. The summed E-state index contributed by atoms with van der Waals surface area (Å²) in [5.74, 6) is -0.187. The van der Waals surface area contributed by atoms with E-state index in [0.717, 1.165) is 11.4 Å². The second-order valence-corrected chi connectivity index (χ2v) is 8.30. The van der Waals surface area contributed by atoms with Crippen molar-refractivity contribution in [3.05, 3.63) is 125 Å². The molecule has 2 heterocycles. The van der Waals surface area contributed by atoms with E-state index in [2.05, 4.69) is 0 Å². The van der Waals surface area contributed by atoms with Crippen LogP contribution in [0.25, 0.3) is 10.9 Å². The molecule has 2 aromatic heterocycles. The molecule has 0 saturated carbocycles. The number of ketones is 1. The number of carbonyl (C=O) groups is 1. The van der Waals surface area contributed by atoms with Gasteiger partial charge in [-0.05, 0) is 48.5 Å². The largest absolute Gasteiger partial charge is 0.506 e. The van der Waals surface area contributed by atoms with Gasteiger partial charge in [-0.15, -0.1) is 0 Å². The number of benzene rings is 3. The lowest BCUT2D eigenvalue weighted by molar-refractivity contribution is 0.0966. The van der Waals surface area contributed by atoms with Crippen molar-refractivity contribution in [3.63, 3.8) is 0 Å². The van der Waals surface area contributed by atoms with Gasteiger partial charge in [0.15, 0.2) is 5.78 Å². The first-order valence-electron chi connectivity index (χ1n) is 11.3. The second-order valence-electron chi connectivity index (χ2n) is 8.30. The molecule has 0 amide bonds. The molecule has 3 aromatic carbocycles. The zero-order valence-electron chi connectivity index (χ0n) is 19.2. The smallest absolute Gasteiger partial charge is 0.265 e. The Morgan fingerprint density at radius 3 is 2.09 bits per heavy atom. The predicted octanol–water partition coefficient (Wildman–Crippen LogP) is 5.99. The number of nitrogens with zero attached hydrogens (tertiary/aromatic N) is 2. The molecule has 0 aliphatic rings. The summed E-state index contributed by atoms with van der Waals surface area (Å²) >= 11 is 0. The van der Waals surface area contributed by atoms with Crippen LogP contribution in [-0.4, -0.2) is 15.5 Å². The van der Waals surface area contributed by atoms with Crippen LogP contribution in [0.15, 0.2) is 113 Å². The van der Waals surface area contributed by atoms with Crippen LogP contribution in [0.4, 0.5) is 11.4 Å². The van der Waals surface area contributed by atoms with Gasteiger partial charge in [-0.3, -0.25) is 9.59 Å². The highest BCUT2D eigenvalue weighted by Gasteiger charge is 2.30. The lowest BCUT2D eigenvalue weighted by Crippen LogP contribution is -2.30. The quantitative estimate of drug-likeness (QED) is 0.300. The van der Waals surface area contributed by atoms with Crippen LogP contribution >= 0.6 is 0 Å². The highest BCUT2D eigenvalue weighted by molar-refractivity contribution is 6.04. The van der Waals surface area contributed by atoms with Crippen molar-refractivity contribution in [2.24, 2.45) is 7.05 Å². The van der Waals surface area contributed by atoms with Gasteiger partial charge in [0.2, 0.25) is 0 Å². The van der Waals surface area contributed by atoms with Crippen LogP contribution in [0.1, 0.15) is 28.6 Å². The Morgan fingerprint density at radius 1 is 0.886 bits per heavy atom. The molecule has 0 fully saturated rings. The summed E-state index contributed by atoms with van der Waals surface area (Å²) in [6.45, 7) is 0. The van der Waals surface area contributed by atoms with Crippen LogP contribution in [0.3, 0.4) is 0 Å². The summed E-state index contributed by atoms with van der Waals surface area (Å²) in [6, 6.07) is 29.4. The van der Waals surface area contributed by atoms with Crippen LogP contribution in [0, 0.1) is 0 Å². The molecule has 0 aliphatic heterocycles. The molecular formula is C29H24N2O4. The third-order valence-corrected chi connectivity index (χ3v) is 6.19.